The molecule has 0 radical (unpaired) electrons. The highest BCUT2D eigenvalue weighted by Gasteiger charge is 2.12. The first-order chi connectivity index (χ1) is 5.74. The summed E-state index contributed by atoms with van der Waals surface area (Å²) < 4.78 is 0. The number of nitrogens with zero attached hydrogens (tertiary/aromatic N) is 3. The summed E-state index contributed by atoms with van der Waals surface area (Å²) in [6.45, 7) is 5.99. The molecule has 0 aromatic rings. The second-order valence-electron chi connectivity index (χ2n) is 3.29. The molecule has 4 heteroatoms. The predicted octanol–water partition coefficient (Wildman–Crippen LogP) is 0.431. The highest BCUT2D eigenvalue weighted by atomic mass is 16.4. The van der Waals surface area contributed by atoms with E-state index in [0.717, 1.165) is 38.4 Å². The van der Waals surface area contributed by atoms with E-state index in [2.05, 4.69) is 22.0 Å². The number of rotatable bonds is 0. The van der Waals surface area contributed by atoms with Gasteiger partial charge in [-0.3, -0.25) is 0 Å². The van der Waals surface area contributed by atoms with Crippen molar-refractivity contribution in [2.45, 2.75) is 13.3 Å². The zero-order valence-electron chi connectivity index (χ0n) is 7.82. The summed E-state index contributed by atoms with van der Waals surface area (Å²) in [6.07, 6.45) is 1.14. The maximum absolute atomic E-state index is 8.58. The Hall–Kier alpha value is -0.770. The van der Waals surface area contributed by atoms with E-state index in [1.54, 1.807) is 0 Å². The molecule has 0 bridgehead atoms. The molecule has 0 aromatic carbocycles. The van der Waals surface area contributed by atoms with Gasteiger partial charge in [0, 0.05) is 19.6 Å². The van der Waals surface area contributed by atoms with Gasteiger partial charge in [-0.15, -0.1) is 0 Å². The van der Waals surface area contributed by atoms with E-state index >= 15 is 0 Å². The number of hydrogen-bond donors (Lipinski definition) is 1. The first-order valence-electron chi connectivity index (χ1n) is 4.36. The monoisotopic (exact) mass is 171 g/mol. The van der Waals surface area contributed by atoms with Gasteiger partial charge in [-0.25, -0.2) is 0 Å². The van der Waals surface area contributed by atoms with Crippen molar-refractivity contribution in [3.05, 3.63) is 0 Å². The third-order valence-electron chi connectivity index (χ3n) is 2.32. The second kappa shape index (κ2) is 4.30. The second-order valence-corrected chi connectivity index (χ2v) is 3.29. The average molecular weight is 171 g/mol. The average Bonchev–Trinajstić information content (AvgIpc) is 2.29. The van der Waals surface area contributed by atoms with E-state index in [9.17, 15) is 0 Å². The van der Waals surface area contributed by atoms with Crippen molar-refractivity contribution >= 4 is 5.84 Å². The van der Waals surface area contributed by atoms with Gasteiger partial charge in [-0.2, -0.15) is 0 Å². The molecule has 1 N–H and O–H groups in total. The normalized spacial score (nSPS) is 22.5. The van der Waals surface area contributed by atoms with Crippen molar-refractivity contribution in [2.24, 2.45) is 5.16 Å². The summed E-state index contributed by atoms with van der Waals surface area (Å²) in [6, 6.07) is 0. The van der Waals surface area contributed by atoms with Crippen molar-refractivity contribution in [1.29, 1.82) is 0 Å². The molecule has 0 saturated carbocycles. The lowest BCUT2D eigenvalue weighted by Crippen LogP contribution is -2.32. The molecular weight excluding hydrogens is 154 g/mol. The first-order valence-corrected chi connectivity index (χ1v) is 4.36. The number of hydrogen-bond acceptors (Lipinski definition) is 3. The van der Waals surface area contributed by atoms with Crippen LogP contribution in [-0.2, 0) is 0 Å². The van der Waals surface area contributed by atoms with Crippen LogP contribution in [0.5, 0.6) is 0 Å². The van der Waals surface area contributed by atoms with E-state index in [1.807, 2.05) is 6.92 Å². The standard InChI is InChI=1S/C8H17N3O/c1-8(9-12)11-5-3-4-10(2)6-7-11/h12H,3-7H2,1-2H3/b9-8+. The summed E-state index contributed by atoms with van der Waals surface area (Å²) in [7, 11) is 2.12. The fourth-order valence-electron chi connectivity index (χ4n) is 1.43. The molecule has 1 rings (SSSR count). The lowest BCUT2D eigenvalue weighted by atomic mass is 10.4. The van der Waals surface area contributed by atoms with Gasteiger partial charge in [0.05, 0.1) is 0 Å². The van der Waals surface area contributed by atoms with Gasteiger partial charge in [0.25, 0.3) is 0 Å². The van der Waals surface area contributed by atoms with Gasteiger partial charge in [-0.05, 0) is 26.9 Å². The van der Waals surface area contributed by atoms with Gasteiger partial charge in [0.15, 0.2) is 0 Å². The molecule has 12 heavy (non-hydrogen) atoms. The maximum Gasteiger partial charge on any atom is 0.141 e. The largest absolute Gasteiger partial charge is 0.409 e. The quantitative estimate of drug-likeness (QED) is 0.249. The van der Waals surface area contributed by atoms with Crippen molar-refractivity contribution in [2.75, 3.05) is 33.2 Å². The van der Waals surface area contributed by atoms with Gasteiger partial charge in [-0.1, -0.05) is 5.16 Å². The van der Waals surface area contributed by atoms with Gasteiger partial charge < -0.3 is 15.0 Å². The highest BCUT2D eigenvalue weighted by molar-refractivity contribution is 5.79. The van der Waals surface area contributed by atoms with Crippen molar-refractivity contribution < 1.29 is 5.21 Å². The number of likely N-dealkylation sites (N-methyl/N-ethyl adjacent to an activating group) is 1. The van der Waals surface area contributed by atoms with E-state index in [-0.39, 0.29) is 0 Å². The van der Waals surface area contributed by atoms with Crippen LogP contribution < -0.4 is 0 Å². The highest BCUT2D eigenvalue weighted by Crippen LogP contribution is 2.01. The van der Waals surface area contributed by atoms with Crippen molar-refractivity contribution in [1.82, 2.24) is 9.80 Å². The molecule has 1 heterocycles. The third kappa shape index (κ3) is 2.37. The van der Waals surface area contributed by atoms with Gasteiger partial charge in [0.1, 0.15) is 5.84 Å². The summed E-state index contributed by atoms with van der Waals surface area (Å²) in [5.41, 5.74) is 0. The Kier molecular flexibility index (Phi) is 3.34. The zero-order chi connectivity index (χ0) is 8.97. The maximum atomic E-state index is 8.58. The molecule has 0 atom stereocenters. The van der Waals surface area contributed by atoms with Crippen LogP contribution in [0.2, 0.25) is 0 Å². The van der Waals surface area contributed by atoms with Crippen LogP contribution in [0.4, 0.5) is 0 Å². The van der Waals surface area contributed by atoms with E-state index < -0.39 is 0 Å². The zero-order valence-corrected chi connectivity index (χ0v) is 7.82. The minimum Gasteiger partial charge on any atom is -0.409 e. The van der Waals surface area contributed by atoms with Crippen LogP contribution in [0.25, 0.3) is 0 Å². The lowest BCUT2D eigenvalue weighted by molar-refractivity contribution is 0.297. The summed E-state index contributed by atoms with van der Waals surface area (Å²) >= 11 is 0. The molecule has 1 aliphatic rings. The minimum atomic E-state index is 0.727. The van der Waals surface area contributed by atoms with Crippen molar-refractivity contribution in [3.63, 3.8) is 0 Å². The van der Waals surface area contributed by atoms with Gasteiger partial charge >= 0.3 is 0 Å². The van der Waals surface area contributed by atoms with Crippen LogP contribution in [-0.4, -0.2) is 54.1 Å². The molecule has 4 nitrogen and oxygen atoms in total. The van der Waals surface area contributed by atoms with Crippen LogP contribution in [0.15, 0.2) is 5.16 Å². The van der Waals surface area contributed by atoms with E-state index in [4.69, 9.17) is 5.21 Å². The molecular formula is C8H17N3O. The number of oxime groups is 1. The molecule has 0 unspecified atom stereocenters. The summed E-state index contributed by atoms with van der Waals surface area (Å²) in [4.78, 5) is 4.41. The fraction of sp³-hybridized carbons (Fsp3) is 0.875. The Labute approximate surface area is 73.5 Å². The van der Waals surface area contributed by atoms with Crippen LogP contribution in [0.3, 0.4) is 0 Å². The smallest absolute Gasteiger partial charge is 0.141 e. The van der Waals surface area contributed by atoms with E-state index in [0.29, 0.717) is 0 Å². The Bertz CT molecular complexity index is 170. The molecule has 1 aliphatic heterocycles. The fourth-order valence-corrected chi connectivity index (χ4v) is 1.43. The van der Waals surface area contributed by atoms with Crippen LogP contribution in [0, 0.1) is 0 Å². The van der Waals surface area contributed by atoms with Crippen LogP contribution >= 0.6 is 0 Å². The lowest BCUT2D eigenvalue weighted by Gasteiger charge is -2.20. The molecule has 0 spiro atoms. The summed E-state index contributed by atoms with van der Waals surface area (Å²) in [5.74, 6) is 0.727. The molecule has 70 valence electrons. The SMILES string of the molecule is C/C(=N\O)N1CCCN(C)CC1. The molecule has 1 saturated heterocycles. The minimum absolute atomic E-state index is 0.727. The summed E-state index contributed by atoms with van der Waals surface area (Å²) in [5, 5.41) is 11.8. The Morgan fingerprint density at radius 1 is 1.25 bits per heavy atom. The molecule has 0 aromatic heterocycles. The van der Waals surface area contributed by atoms with Gasteiger partial charge in [0.2, 0.25) is 0 Å². The Morgan fingerprint density at radius 3 is 2.67 bits per heavy atom. The Balaban J connectivity index is 2.46. The molecule has 0 amide bonds. The number of amidine groups is 1. The van der Waals surface area contributed by atoms with E-state index in [1.165, 1.54) is 0 Å². The van der Waals surface area contributed by atoms with Crippen LogP contribution in [0.1, 0.15) is 13.3 Å². The first kappa shape index (κ1) is 9.32. The van der Waals surface area contributed by atoms with Crippen molar-refractivity contribution in [3.8, 4) is 0 Å². The molecule has 1 fully saturated rings. The molecule has 0 aliphatic carbocycles. The Morgan fingerprint density at radius 2 is 2.00 bits per heavy atom. The topological polar surface area (TPSA) is 39.1 Å². The third-order valence-corrected chi connectivity index (χ3v) is 2.32. The predicted molar refractivity (Wildman–Crippen MR) is 48.6 cm³/mol.